The van der Waals surface area contributed by atoms with Crippen molar-refractivity contribution in [2.75, 3.05) is 0 Å². The van der Waals surface area contributed by atoms with E-state index in [1.807, 2.05) is 26.1 Å². The fourth-order valence-electron chi connectivity index (χ4n) is 1.04. The molecule has 1 aliphatic heterocycles. The maximum atomic E-state index is 4.38. The van der Waals surface area contributed by atoms with Crippen LogP contribution in [0.4, 0.5) is 0 Å². The SMILES string of the molecule is CC.CC1(C)/C=C\C=NC(C)(C)/C=C\1. The zero-order valence-corrected chi connectivity index (χ0v) is 10.3. The summed E-state index contributed by atoms with van der Waals surface area (Å²) < 4.78 is 0. The molecule has 0 spiro atoms. The number of hydrogen-bond acceptors (Lipinski definition) is 1. The van der Waals surface area contributed by atoms with Crippen molar-refractivity contribution < 1.29 is 0 Å². The second-order valence-electron chi connectivity index (χ2n) is 4.45. The van der Waals surface area contributed by atoms with Crippen LogP contribution < -0.4 is 0 Å². The lowest BCUT2D eigenvalue weighted by atomic mass is 9.89. The van der Waals surface area contributed by atoms with Crippen LogP contribution in [0.3, 0.4) is 0 Å². The zero-order valence-electron chi connectivity index (χ0n) is 10.3. The Bertz CT molecular complexity index is 216. The van der Waals surface area contributed by atoms with E-state index in [1.165, 1.54) is 0 Å². The first-order chi connectivity index (χ1) is 6.41. The van der Waals surface area contributed by atoms with Crippen LogP contribution in [0.1, 0.15) is 41.5 Å². The van der Waals surface area contributed by atoms with Gasteiger partial charge in [-0.25, -0.2) is 0 Å². The van der Waals surface area contributed by atoms with Crippen molar-refractivity contribution in [2.45, 2.75) is 47.1 Å². The Hall–Kier alpha value is -0.850. The smallest absolute Gasteiger partial charge is 0.0731 e. The average Bonchev–Trinajstić information content (AvgIpc) is 2.12. The van der Waals surface area contributed by atoms with Crippen LogP contribution in [-0.4, -0.2) is 11.8 Å². The monoisotopic (exact) mass is 193 g/mol. The van der Waals surface area contributed by atoms with Gasteiger partial charge in [0.25, 0.3) is 0 Å². The van der Waals surface area contributed by atoms with Crippen molar-refractivity contribution in [1.29, 1.82) is 0 Å². The summed E-state index contributed by atoms with van der Waals surface area (Å²) in [6.45, 7) is 12.6. The third-order valence-electron chi connectivity index (χ3n) is 1.94. The van der Waals surface area contributed by atoms with Crippen LogP contribution in [0.5, 0.6) is 0 Å². The van der Waals surface area contributed by atoms with E-state index in [0.717, 1.165) is 0 Å². The van der Waals surface area contributed by atoms with Crippen LogP contribution in [0.15, 0.2) is 29.3 Å². The van der Waals surface area contributed by atoms with Gasteiger partial charge in [-0.3, -0.25) is 4.99 Å². The largest absolute Gasteiger partial charge is 0.283 e. The van der Waals surface area contributed by atoms with E-state index in [0.29, 0.717) is 0 Å². The highest BCUT2D eigenvalue weighted by molar-refractivity contribution is 5.72. The van der Waals surface area contributed by atoms with Crippen molar-refractivity contribution in [1.82, 2.24) is 0 Å². The molecule has 14 heavy (non-hydrogen) atoms. The molecule has 0 atom stereocenters. The predicted octanol–water partition coefficient (Wildman–Crippen LogP) is 4.01. The number of aliphatic imine (C=N–C) groups is 1. The molecule has 0 aromatic heterocycles. The summed E-state index contributed by atoms with van der Waals surface area (Å²) in [5.74, 6) is 0. The Labute approximate surface area is 88.6 Å². The highest BCUT2D eigenvalue weighted by atomic mass is 14.8. The van der Waals surface area contributed by atoms with E-state index in [2.05, 4.69) is 50.9 Å². The Morgan fingerprint density at radius 2 is 1.43 bits per heavy atom. The van der Waals surface area contributed by atoms with E-state index in [-0.39, 0.29) is 11.0 Å². The number of nitrogens with zero attached hydrogens (tertiary/aromatic N) is 1. The molecule has 0 aromatic carbocycles. The van der Waals surface area contributed by atoms with E-state index in [1.54, 1.807) is 0 Å². The number of hydrogen-bond donors (Lipinski definition) is 0. The predicted molar refractivity (Wildman–Crippen MR) is 66.0 cm³/mol. The molecule has 0 radical (unpaired) electrons. The molecule has 0 bridgehead atoms. The summed E-state index contributed by atoms with van der Waals surface area (Å²) in [6, 6.07) is 0. The number of rotatable bonds is 0. The van der Waals surface area contributed by atoms with E-state index < -0.39 is 0 Å². The second-order valence-corrected chi connectivity index (χ2v) is 4.45. The summed E-state index contributed by atoms with van der Waals surface area (Å²) in [5, 5.41) is 0. The van der Waals surface area contributed by atoms with Crippen LogP contribution >= 0.6 is 0 Å². The maximum Gasteiger partial charge on any atom is 0.0731 e. The van der Waals surface area contributed by atoms with Crippen LogP contribution in [0, 0.1) is 5.41 Å². The Morgan fingerprint density at radius 1 is 0.857 bits per heavy atom. The van der Waals surface area contributed by atoms with Gasteiger partial charge in [0, 0.05) is 11.6 Å². The first kappa shape index (κ1) is 13.2. The fourth-order valence-corrected chi connectivity index (χ4v) is 1.04. The van der Waals surface area contributed by atoms with Gasteiger partial charge in [0.15, 0.2) is 0 Å². The third kappa shape index (κ3) is 5.00. The summed E-state index contributed by atoms with van der Waals surface area (Å²) >= 11 is 0. The standard InChI is InChI=1S/C11H17N.C2H6/c1-10(2)6-5-9-12-11(3,4)8-7-10;1-2/h5-9H,1-4H3;1-2H3/b6-5-,8-7-,12-9?;. The van der Waals surface area contributed by atoms with Gasteiger partial charge in [0.05, 0.1) is 5.54 Å². The molecule has 1 heterocycles. The summed E-state index contributed by atoms with van der Waals surface area (Å²) in [5.41, 5.74) is 0.103. The fraction of sp³-hybridized carbons (Fsp3) is 0.615. The molecule has 0 aliphatic carbocycles. The topological polar surface area (TPSA) is 12.4 Å². The van der Waals surface area contributed by atoms with Crippen molar-refractivity contribution in [3.8, 4) is 0 Å². The minimum absolute atomic E-state index is 0.0535. The van der Waals surface area contributed by atoms with Crippen molar-refractivity contribution in [3.05, 3.63) is 24.3 Å². The first-order valence-electron chi connectivity index (χ1n) is 5.35. The number of allylic oxidation sites excluding steroid dienone is 3. The third-order valence-corrected chi connectivity index (χ3v) is 1.94. The molecular formula is C13H23N. The van der Waals surface area contributed by atoms with E-state index in [9.17, 15) is 0 Å². The molecule has 0 N–H and O–H groups in total. The van der Waals surface area contributed by atoms with Gasteiger partial charge >= 0.3 is 0 Å². The molecular weight excluding hydrogens is 170 g/mol. The van der Waals surface area contributed by atoms with Crippen molar-refractivity contribution >= 4 is 6.21 Å². The average molecular weight is 193 g/mol. The normalized spacial score (nSPS) is 26.4. The minimum Gasteiger partial charge on any atom is -0.283 e. The second kappa shape index (κ2) is 5.14. The molecule has 1 heteroatoms. The van der Waals surface area contributed by atoms with Gasteiger partial charge < -0.3 is 0 Å². The Kier molecular flexibility index (Phi) is 4.82. The van der Waals surface area contributed by atoms with Gasteiger partial charge in [-0.2, -0.15) is 0 Å². The maximum absolute atomic E-state index is 4.38. The van der Waals surface area contributed by atoms with Crippen LogP contribution in [0.2, 0.25) is 0 Å². The van der Waals surface area contributed by atoms with Crippen LogP contribution in [-0.2, 0) is 0 Å². The molecule has 0 saturated heterocycles. The lowest BCUT2D eigenvalue weighted by Crippen LogP contribution is -2.16. The molecule has 0 fully saturated rings. The minimum atomic E-state index is -0.0535. The van der Waals surface area contributed by atoms with Crippen LogP contribution in [0.25, 0.3) is 0 Å². The van der Waals surface area contributed by atoms with Crippen molar-refractivity contribution in [3.63, 3.8) is 0 Å². The molecule has 0 amide bonds. The van der Waals surface area contributed by atoms with Gasteiger partial charge in [-0.1, -0.05) is 45.9 Å². The molecule has 80 valence electrons. The van der Waals surface area contributed by atoms with Crippen molar-refractivity contribution in [2.24, 2.45) is 10.4 Å². The Morgan fingerprint density at radius 3 is 2.00 bits per heavy atom. The summed E-state index contributed by atoms with van der Waals surface area (Å²) in [7, 11) is 0. The first-order valence-corrected chi connectivity index (χ1v) is 5.35. The summed E-state index contributed by atoms with van der Waals surface area (Å²) in [6.07, 6.45) is 10.4. The molecule has 1 rings (SSSR count). The Balaban J connectivity index is 0.000000791. The van der Waals surface area contributed by atoms with Gasteiger partial charge in [0.2, 0.25) is 0 Å². The quantitative estimate of drug-likeness (QED) is 0.515. The van der Waals surface area contributed by atoms with Gasteiger partial charge in [-0.15, -0.1) is 0 Å². The molecule has 0 saturated carbocycles. The highest BCUT2D eigenvalue weighted by Gasteiger charge is 2.15. The molecule has 1 aliphatic rings. The zero-order chi connectivity index (χ0) is 11.2. The highest BCUT2D eigenvalue weighted by Crippen LogP contribution is 2.23. The molecule has 0 unspecified atom stereocenters. The van der Waals surface area contributed by atoms with Gasteiger partial charge in [-0.05, 0) is 19.9 Å². The summed E-state index contributed by atoms with van der Waals surface area (Å²) in [4.78, 5) is 4.38. The van der Waals surface area contributed by atoms with E-state index >= 15 is 0 Å². The van der Waals surface area contributed by atoms with E-state index in [4.69, 9.17) is 0 Å². The molecule has 1 nitrogen and oxygen atoms in total. The lowest BCUT2D eigenvalue weighted by molar-refractivity contribution is 0.593. The lowest BCUT2D eigenvalue weighted by Gasteiger charge is -2.21. The molecule has 0 aromatic rings. The van der Waals surface area contributed by atoms with Gasteiger partial charge in [0.1, 0.15) is 0 Å².